The van der Waals surface area contributed by atoms with Gasteiger partial charge < -0.3 is 14.8 Å². The summed E-state index contributed by atoms with van der Waals surface area (Å²) >= 11 is 0. The number of imide groups is 1. The minimum absolute atomic E-state index is 0.141. The Morgan fingerprint density at radius 1 is 1.48 bits per heavy atom. The largest absolute Gasteiger partial charge is 0.467 e. The summed E-state index contributed by atoms with van der Waals surface area (Å²) in [6, 6.07) is 2.94. The lowest BCUT2D eigenvalue weighted by molar-refractivity contribution is -0.121. The highest BCUT2D eigenvalue weighted by atomic mass is 16.3. The summed E-state index contributed by atoms with van der Waals surface area (Å²) in [4.78, 5) is 25.3. The van der Waals surface area contributed by atoms with E-state index in [2.05, 4.69) is 10.6 Å². The number of aliphatic hydroxyl groups excluding tert-OH is 1. The first-order valence-electron chi connectivity index (χ1n) is 7.10. The van der Waals surface area contributed by atoms with Gasteiger partial charge in [0.1, 0.15) is 5.76 Å². The van der Waals surface area contributed by atoms with Crippen LogP contribution in [0.5, 0.6) is 0 Å². The number of hydrogen-bond acceptors (Lipinski definition) is 5. The molecule has 21 heavy (non-hydrogen) atoms. The van der Waals surface area contributed by atoms with Crippen LogP contribution in [0.15, 0.2) is 22.8 Å². The third kappa shape index (κ3) is 5.20. The zero-order valence-corrected chi connectivity index (χ0v) is 11.9. The number of urea groups is 1. The fourth-order valence-electron chi connectivity index (χ4n) is 2.44. The van der Waals surface area contributed by atoms with E-state index >= 15 is 0 Å². The van der Waals surface area contributed by atoms with Gasteiger partial charge in [0, 0.05) is 13.2 Å². The van der Waals surface area contributed by atoms with Gasteiger partial charge in [-0.1, -0.05) is 0 Å². The fraction of sp³-hybridized carbons (Fsp3) is 0.571. The van der Waals surface area contributed by atoms with Crippen LogP contribution in [0.1, 0.15) is 18.6 Å². The van der Waals surface area contributed by atoms with Crippen molar-refractivity contribution < 1.29 is 19.1 Å². The molecular formula is C14H21N3O4. The number of carbonyl (C=O) groups excluding carboxylic acids is 2. The molecule has 0 spiro atoms. The quantitative estimate of drug-likeness (QED) is 0.727. The average molecular weight is 295 g/mol. The van der Waals surface area contributed by atoms with E-state index in [1.807, 2.05) is 4.90 Å². The number of hydrogen-bond donors (Lipinski definition) is 3. The Hall–Kier alpha value is -1.86. The highest BCUT2D eigenvalue weighted by Crippen LogP contribution is 2.15. The maximum atomic E-state index is 11.8. The number of nitrogens with one attached hydrogen (secondary N) is 2. The van der Waals surface area contributed by atoms with Gasteiger partial charge >= 0.3 is 6.03 Å². The lowest BCUT2D eigenvalue weighted by Gasteiger charge is -2.30. The third-order valence-electron chi connectivity index (χ3n) is 3.48. The first-order valence-corrected chi connectivity index (χ1v) is 7.10. The molecule has 3 N–H and O–H groups in total. The molecule has 1 atom stereocenters. The summed E-state index contributed by atoms with van der Waals surface area (Å²) in [5.41, 5.74) is 0. The third-order valence-corrected chi connectivity index (χ3v) is 3.48. The van der Waals surface area contributed by atoms with Crippen molar-refractivity contribution in [3.8, 4) is 0 Å². The fourth-order valence-corrected chi connectivity index (χ4v) is 2.44. The first-order chi connectivity index (χ1) is 10.2. The van der Waals surface area contributed by atoms with Gasteiger partial charge in [0.2, 0.25) is 5.91 Å². The molecule has 0 aliphatic carbocycles. The Morgan fingerprint density at radius 3 is 3.05 bits per heavy atom. The Labute approximate surface area is 123 Å². The standard InChI is InChI=1S/C14H21N3O4/c18-10-11-3-1-5-17(8-11)9-13(19)16-14(20)15-7-12-4-2-6-21-12/h2,4,6,11,18H,1,3,5,7-10H2,(H2,15,16,19,20). The molecule has 1 aromatic rings. The molecule has 7 nitrogen and oxygen atoms in total. The number of amides is 3. The van der Waals surface area contributed by atoms with Gasteiger partial charge in [-0.2, -0.15) is 0 Å². The van der Waals surface area contributed by atoms with E-state index < -0.39 is 6.03 Å². The zero-order valence-electron chi connectivity index (χ0n) is 11.9. The highest BCUT2D eigenvalue weighted by molar-refractivity contribution is 5.95. The van der Waals surface area contributed by atoms with Crippen LogP contribution in [0.3, 0.4) is 0 Å². The molecule has 0 bridgehead atoms. The van der Waals surface area contributed by atoms with Gasteiger partial charge in [0.15, 0.2) is 0 Å². The van der Waals surface area contributed by atoms with E-state index in [0.717, 1.165) is 19.4 Å². The van der Waals surface area contributed by atoms with Crippen LogP contribution < -0.4 is 10.6 Å². The van der Waals surface area contributed by atoms with Gasteiger partial charge in [-0.25, -0.2) is 4.79 Å². The molecule has 3 amide bonds. The van der Waals surface area contributed by atoms with Crippen molar-refractivity contribution in [1.29, 1.82) is 0 Å². The Balaban J connectivity index is 1.67. The molecule has 0 saturated carbocycles. The molecule has 1 fully saturated rings. The lowest BCUT2D eigenvalue weighted by Crippen LogP contribution is -2.47. The van der Waals surface area contributed by atoms with E-state index in [1.165, 1.54) is 6.26 Å². The van der Waals surface area contributed by atoms with Gasteiger partial charge in [0.25, 0.3) is 0 Å². The molecule has 2 heterocycles. The molecule has 2 rings (SSSR count). The van der Waals surface area contributed by atoms with E-state index in [-0.39, 0.29) is 31.5 Å². The van der Waals surface area contributed by atoms with Gasteiger partial charge in [-0.3, -0.25) is 15.0 Å². The van der Waals surface area contributed by atoms with Crippen LogP contribution in [0.4, 0.5) is 4.79 Å². The minimum Gasteiger partial charge on any atom is -0.467 e. The summed E-state index contributed by atoms with van der Waals surface area (Å²) in [6.07, 6.45) is 3.47. The number of furan rings is 1. The van der Waals surface area contributed by atoms with Crippen LogP contribution in [-0.4, -0.2) is 48.2 Å². The second-order valence-electron chi connectivity index (χ2n) is 5.24. The van der Waals surface area contributed by atoms with E-state index in [1.54, 1.807) is 12.1 Å². The van der Waals surface area contributed by atoms with Crippen LogP contribution >= 0.6 is 0 Å². The molecule has 116 valence electrons. The second-order valence-corrected chi connectivity index (χ2v) is 5.24. The highest BCUT2D eigenvalue weighted by Gasteiger charge is 2.21. The number of rotatable bonds is 5. The van der Waals surface area contributed by atoms with Crippen molar-refractivity contribution in [2.45, 2.75) is 19.4 Å². The predicted molar refractivity (Wildman–Crippen MR) is 75.3 cm³/mol. The topological polar surface area (TPSA) is 94.8 Å². The number of nitrogens with zero attached hydrogens (tertiary/aromatic N) is 1. The smallest absolute Gasteiger partial charge is 0.321 e. The van der Waals surface area contributed by atoms with Crippen LogP contribution in [-0.2, 0) is 11.3 Å². The zero-order chi connectivity index (χ0) is 15.1. The Kier molecular flexibility index (Phi) is 5.77. The Morgan fingerprint density at radius 2 is 2.33 bits per heavy atom. The normalized spacial score (nSPS) is 19.2. The average Bonchev–Trinajstić information content (AvgIpc) is 2.98. The SMILES string of the molecule is O=C(CN1CCCC(CO)C1)NC(=O)NCc1ccco1. The summed E-state index contributed by atoms with van der Waals surface area (Å²) in [5.74, 6) is 0.504. The Bertz CT molecular complexity index is 461. The minimum atomic E-state index is -0.535. The maximum Gasteiger partial charge on any atom is 0.321 e. The monoisotopic (exact) mass is 295 g/mol. The molecule has 1 aromatic heterocycles. The van der Waals surface area contributed by atoms with Crippen molar-refractivity contribution in [3.63, 3.8) is 0 Å². The predicted octanol–water partition coefficient (Wildman–Crippen LogP) is 0.310. The van der Waals surface area contributed by atoms with Crippen LogP contribution in [0.25, 0.3) is 0 Å². The van der Waals surface area contributed by atoms with Crippen molar-refractivity contribution in [3.05, 3.63) is 24.2 Å². The van der Waals surface area contributed by atoms with Crippen LogP contribution in [0, 0.1) is 5.92 Å². The van der Waals surface area contributed by atoms with Crippen molar-refractivity contribution in [2.75, 3.05) is 26.2 Å². The van der Waals surface area contributed by atoms with Gasteiger partial charge in [0.05, 0.1) is 19.4 Å². The second kappa shape index (κ2) is 7.80. The van der Waals surface area contributed by atoms with Crippen molar-refractivity contribution >= 4 is 11.9 Å². The number of aliphatic hydroxyl groups is 1. The van der Waals surface area contributed by atoms with Gasteiger partial charge in [-0.05, 0) is 37.4 Å². The lowest BCUT2D eigenvalue weighted by atomic mass is 9.99. The molecule has 1 aliphatic rings. The summed E-state index contributed by atoms with van der Waals surface area (Å²) < 4.78 is 5.08. The summed E-state index contributed by atoms with van der Waals surface area (Å²) in [5, 5.41) is 14.0. The first kappa shape index (κ1) is 15.5. The molecule has 1 aliphatic heterocycles. The molecule has 1 unspecified atom stereocenters. The van der Waals surface area contributed by atoms with E-state index in [0.29, 0.717) is 12.3 Å². The summed E-state index contributed by atoms with van der Waals surface area (Å²) in [7, 11) is 0. The number of likely N-dealkylation sites (tertiary alicyclic amines) is 1. The van der Waals surface area contributed by atoms with E-state index in [9.17, 15) is 9.59 Å². The molecule has 7 heteroatoms. The molecule has 0 radical (unpaired) electrons. The van der Waals surface area contributed by atoms with Gasteiger partial charge in [-0.15, -0.1) is 0 Å². The molecular weight excluding hydrogens is 274 g/mol. The number of piperidine rings is 1. The van der Waals surface area contributed by atoms with E-state index in [4.69, 9.17) is 9.52 Å². The van der Waals surface area contributed by atoms with Crippen molar-refractivity contribution in [1.82, 2.24) is 15.5 Å². The summed E-state index contributed by atoms with van der Waals surface area (Å²) in [6.45, 7) is 2.06. The van der Waals surface area contributed by atoms with Crippen molar-refractivity contribution in [2.24, 2.45) is 5.92 Å². The van der Waals surface area contributed by atoms with Crippen LogP contribution in [0.2, 0.25) is 0 Å². The molecule has 1 saturated heterocycles. The number of carbonyl (C=O) groups is 2. The molecule has 0 aromatic carbocycles. The maximum absolute atomic E-state index is 11.8.